The topological polar surface area (TPSA) is 79.5 Å². The molecular weight excluding hydrogens is 268 g/mol. The van der Waals surface area contributed by atoms with Gasteiger partial charge in [0.05, 0.1) is 7.11 Å². The number of ether oxygens (including phenoxy) is 1. The summed E-state index contributed by atoms with van der Waals surface area (Å²) in [5, 5.41) is 0. The number of methoxy groups -OCH3 is 1. The van der Waals surface area contributed by atoms with Crippen LogP contribution in [0.1, 0.15) is 30.3 Å². The lowest BCUT2D eigenvalue weighted by Gasteiger charge is -2.29. The number of esters is 1. The number of H-pyrrole nitrogens is 1. The molecule has 1 aromatic heterocycles. The van der Waals surface area contributed by atoms with Gasteiger partial charge in [-0.3, -0.25) is 0 Å². The first-order chi connectivity index (χ1) is 8.95. The maximum absolute atomic E-state index is 12.4. The van der Waals surface area contributed by atoms with Crippen molar-refractivity contribution in [2.45, 2.75) is 24.7 Å². The van der Waals surface area contributed by atoms with Crippen molar-refractivity contribution >= 4 is 16.0 Å². The van der Waals surface area contributed by atoms with Crippen molar-refractivity contribution in [3.63, 3.8) is 0 Å². The predicted octanol–water partition coefficient (Wildman–Crippen LogP) is 1.22. The lowest BCUT2D eigenvalue weighted by Crippen LogP contribution is -2.38. The van der Waals surface area contributed by atoms with Crippen LogP contribution in [-0.4, -0.2) is 43.9 Å². The van der Waals surface area contributed by atoms with Crippen molar-refractivity contribution < 1.29 is 17.9 Å². The second kappa shape index (κ2) is 5.34. The molecule has 0 unspecified atom stereocenters. The molecule has 19 heavy (non-hydrogen) atoms. The zero-order valence-electron chi connectivity index (χ0n) is 11.0. The molecule has 0 saturated carbocycles. The van der Waals surface area contributed by atoms with Gasteiger partial charge in [0, 0.05) is 19.3 Å². The molecule has 1 aromatic rings. The van der Waals surface area contributed by atoms with Crippen LogP contribution in [-0.2, 0) is 14.8 Å². The van der Waals surface area contributed by atoms with Crippen LogP contribution in [0, 0.1) is 5.92 Å². The Morgan fingerprint density at radius 3 is 2.89 bits per heavy atom. The molecule has 0 aromatic carbocycles. The fourth-order valence-corrected chi connectivity index (χ4v) is 3.86. The van der Waals surface area contributed by atoms with Crippen LogP contribution < -0.4 is 0 Å². The van der Waals surface area contributed by atoms with Crippen LogP contribution in [0.25, 0.3) is 0 Å². The molecule has 1 N–H and O–H groups in total. The molecule has 1 fully saturated rings. The Morgan fingerprint density at radius 2 is 2.26 bits per heavy atom. The van der Waals surface area contributed by atoms with E-state index in [2.05, 4.69) is 9.72 Å². The fraction of sp³-hybridized carbons (Fsp3) is 0.583. The summed E-state index contributed by atoms with van der Waals surface area (Å²) in [6.45, 7) is 3.10. The van der Waals surface area contributed by atoms with E-state index in [9.17, 15) is 13.2 Å². The minimum Gasteiger partial charge on any atom is -0.464 e. The highest BCUT2D eigenvalue weighted by Gasteiger charge is 2.29. The molecule has 1 atom stereocenters. The van der Waals surface area contributed by atoms with E-state index >= 15 is 0 Å². The van der Waals surface area contributed by atoms with Crippen molar-refractivity contribution in [3.05, 3.63) is 18.0 Å². The van der Waals surface area contributed by atoms with Gasteiger partial charge < -0.3 is 9.72 Å². The third kappa shape index (κ3) is 2.82. The van der Waals surface area contributed by atoms with Crippen LogP contribution in [0.2, 0.25) is 0 Å². The minimum absolute atomic E-state index is 0.113. The quantitative estimate of drug-likeness (QED) is 0.847. The molecule has 1 aliphatic heterocycles. The molecule has 106 valence electrons. The Balaban J connectivity index is 2.24. The number of hydrogen-bond acceptors (Lipinski definition) is 4. The Hall–Kier alpha value is -1.34. The SMILES string of the molecule is COC(=O)c1cc(S(=O)(=O)N2CCC[C@H](C)C2)c[nH]1. The van der Waals surface area contributed by atoms with Crippen molar-refractivity contribution in [1.82, 2.24) is 9.29 Å². The number of carbonyl (C=O) groups is 1. The summed E-state index contributed by atoms with van der Waals surface area (Å²) >= 11 is 0. The summed E-state index contributed by atoms with van der Waals surface area (Å²) in [6.07, 6.45) is 3.25. The molecule has 0 aliphatic carbocycles. The van der Waals surface area contributed by atoms with Crippen LogP contribution in [0.4, 0.5) is 0 Å². The smallest absolute Gasteiger partial charge is 0.354 e. The van der Waals surface area contributed by atoms with E-state index in [0.717, 1.165) is 12.8 Å². The minimum atomic E-state index is -3.52. The van der Waals surface area contributed by atoms with Crippen LogP contribution in [0.3, 0.4) is 0 Å². The summed E-state index contributed by atoms with van der Waals surface area (Å²) in [4.78, 5) is 14.1. The standard InChI is InChI=1S/C12H18N2O4S/c1-9-4-3-5-14(8-9)19(16,17)10-6-11(13-7-10)12(15)18-2/h6-7,9,13H,3-5,8H2,1-2H3/t9-/m0/s1. The first-order valence-electron chi connectivity index (χ1n) is 6.22. The lowest BCUT2D eigenvalue weighted by atomic mass is 10.0. The molecule has 2 rings (SSSR count). The number of nitrogens with zero attached hydrogens (tertiary/aromatic N) is 1. The maximum Gasteiger partial charge on any atom is 0.354 e. The maximum atomic E-state index is 12.4. The third-order valence-electron chi connectivity index (χ3n) is 3.32. The molecule has 6 nitrogen and oxygen atoms in total. The van der Waals surface area contributed by atoms with Gasteiger partial charge in [-0.05, 0) is 24.8 Å². The van der Waals surface area contributed by atoms with Gasteiger partial charge in [0.15, 0.2) is 0 Å². The average molecular weight is 286 g/mol. The average Bonchev–Trinajstić information content (AvgIpc) is 2.88. The van der Waals surface area contributed by atoms with Gasteiger partial charge in [0.25, 0.3) is 0 Å². The summed E-state index contributed by atoms with van der Waals surface area (Å²) in [7, 11) is -2.27. The Morgan fingerprint density at radius 1 is 1.53 bits per heavy atom. The van der Waals surface area contributed by atoms with Gasteiger partial charge in [-0.1, -0.05) is 6.92 Å². The monoisotopic (exact) mass is 286 g/mol. The molecule has 0 spiro atoms. The van der Waals surface area contributed by atoms with Gasteiger partial charge >= 0.3 is 5.97 Å². The first kappa shape index (κ1) is 14.1. The number of rotatable bonds is 3. The van der Waals surface area contributed by atoms with E-state index in [1.54, 1.807) is 0 Å². The lowest BCUT2D eigenvalue weighted by molar-refractivity contribution is 0.0595. The van der Waals surface area contributed by atoms with Crippen LogP contribution in [0.15, 0.2) is 17.2 Å². The number of carbonyl (C=O) groups excluding carboxylic acids is 1. The highest BCUT2D eigenvalue weighted by atomic mass is 32.2. The van der Waals surface area contributed by atoms with Gasteiger partial charge in [0.1, 0.15) is 10.6 Å². The van der Waals surface area contributed by atoms with Crippen LogP contribution >= 0.6 is 0 Å². The highest BCUT2D eigenvalue weighted by Crippen LogP contribution is 2.23. The summed E-state index contributed by atoms with van der Waals surface area (Å²) in [5.74, 6) is -0.212. The third-order valence-corrected chi connectivity index (χ3v) is 5.16. The number of piperidine rings is 1. The summed E-state index contributed by atoms with van der Waals surface area (Å²) < 4.78 is 30.8. The van der Waals surface area contributed by atoms with Gasteiger partial charge in [-0.2, -0.15) is 4.31 Å². The Kier molecular flexibility index (Phi) is 3.96. The number of nitrogens with one attached hydrogen (secondary N) is 1. The van der Waals surface area contributed by atoms with E-state index < -0.39 is 16.0 Å². The fourth-order valence-electron chi connectivity index (χ4n) is 2.26. The van der Waals surface area contributed by atoms with Crippen molar-refractivity contribution in [1.29, 1.82) is 0 Å². The van der Waals surface area contributed by atoms with Crippen molar-refractivity contribution in [2.24, 2.45) is 5.92 Å². The number of aromatic amines is 1. The molecular formula is C12H18N2O4S. The van der Waals surface area contributed by atoms with Crippen molar-refractivity contribution in [3.8, 4) is 0 Å². The Bertz CT molecular complexity index is 564. The summed E-state index contributed by atoms with van der Waals surface area (Å²) in [6, 6.07) is 1.32. The van der Waals surface area contributed by atoms with E-state index in [1.807, 2.05) is 6.92 Å². The van der Waals surface area contributed by atoms with E-state index in [4.69, 9.17) is 0 Å². The van der Waals surface area contributed by atoms with Gasteiger partial charge in [-0.15, -0.1) is 0 Å². The molecule has 0 bridgehead atoms. The van der Waals surface area contributed by atoms with E-state index in [1.165, 1.54) is 23.7 Å². The largest absolute Gasteiger partial charge is 0.464 e. The molecule has 2 heterocycles. The second-order valence-electron chi connectivity index (χ2n) is 4.85. The van der Waals surface area contributed by atoms with Gasteiger partial charge in [0.2, 0.25) is 10.0 Å². The van der Waals surface area contributed by atoms with E-state index in [0.29, 0.717) is 19.0 Å². The number of aromatic nitrogens is 1. The molecule has 0 amide bonds. The molecule has 0 radical (unpaired) electrons. The number of sulfonamides is 1. The first-order valence-corrected chi connectivity index (χ1v) is 7.66. The predicted molar refractivity (Wildman–Crippen MR) is 69.3 cm³/mol. The van der Waals surface area contributed by atoms with E-state index in [-0.39, 0.29) is 10.6 Å². The van der Waals surface area contributed by atoms with Gasteiger partial charge in [-0.25, -0.2) is 13.2 Å². The second-order valence-corrected chi connectivity index (χ2v) is 6.79. The zero-order chi connectivity index (χ0) is 14.0. The molecule has 1 aliphatic rings. The van der Waals surface area contributed by atoms with Crippen molar-refractivity contribution in [2.75, 3.05) is 20.2 Å². The summed E-state index contributed by atoms with van der Waals surface area (Å²) in [5.41, 5.74) is 0.145. The Labute approximate surface area is 112 Å². The highest BCUT2D eigenvalue weighted by molar-refractivity contribution is 7.89. The normalized spacial score (nSPS) is 21.3. The van der Waals surface area contributed by atoms with Crippen LogP contribution in [0.5, 0.6) is 0 Å². The molecule has 7 heteroatoms. The molecule has 1 saturated heterocycles. The zero-order valence-corrected chi connectivity index (χ0v) is 11.9. The number of hydrogen-bond donors (Lipinski definition) is 1.